The molecule has 10 nitrogen and oxygen atoms in total. The van der Waals surface area contributed by atoms with Crippen LogP contribution in [0.1, 0.15) is 42.5 Å². The molecule has 2 heterocycles. The molecule has 0 unspecified atom stereocenters. The molecule has 0 aliphatic heterocycles. The minimum Gasteiger partial charge on any atom is -0.456 e. The minimum absolute atomic E-state index is 0.110. The predicted octanol–water partition coefficient (Wildman–Crippen LogP) is 1.47. The third-order valence-electron chi connectivity index (χ3n) is 4.03. The van der Waals surface area contributed by atoms with Gasteiger partial charge in [0, 0.05) is 24.4 Å². The molecule has 0 aromatic carbocycles. The van der Waals surface area contributed by atoms with Gasteiger partial charge in [0.1, 0.15) is 0 Å². The molecular formula is C17H21F3N6O4. The summed E-state index contributed by atoms with van der Waals surface area (Å²) in [7, 11) is 0. The fraction of sp³-hybridized carbons (Fsp3) is 0.529. The highest BCUT2D eigenvalue weighted by molar-refractivity contribution is 5.95. The van der Waals surface area contributed by atoms with Crippen LogP contribution < -0.4 is 10.6 Å². The van der Waals surface area contributed by atoms with Gasteiger partial charge in [0.05, 0.1) is 0 Å². The molecule has 0 spiro atoms. The zero-order valence-electron chi connectivity index (χ0n) is 16.6. The van der Waals surface area contributed by atoms with Crippen LogP contribution in [0.3, 0.4) is 0 Å². The number of carbonyl (C=O) groups excluding carboxylic acids is 3. The number of urea groups is 1. The second kappa shape index (κ2) is 9.50. The smallest absolute Gasteiger partial charge is 0.453 e. The van der Waals surface area contributed by atoms with Crippen molar-refractivity contribution in [1.29, 1.82) is 0 Å². The molecule has 2 rings (SSSR count). The van der Waals surface area contributed by atoms with Gasteiger partial charge >= 0.3 is 18.2 Å². The maximum Gasteiger partial charge on any atom is 0.453 e. The highest BCUT2D eigenvalue weighted by Gasteiger charge is 2.37. The summed E-state index contributed by atoms with van der Waals surface area (Å²) in [4.78, 5) is 42.2. The van der Waals surface area contributed by atoms with Gasteiger partial charge in [0.15, 0.2) is 6.61 Å². The van der Waals surface area contributed by atoms with E-state index in [0.29, 0.717) is 29.9 Å². The monoisotopic (exact) mass is 430 g/mol. The van der Waals surface area contributed by atoms with Crippen LogP contribution in [0.2, 0.25) is 0 Å². The Bertz CT molecular complexity index is 957. The normalized spacial score (nSPS) is 11.4. The first kappa shape index (κ1) is 23.0. The number of nitrogens with one attached hydrogen (secondary N) is 2. The van der Waals surface area contributed by atoms with E-state index in [9.17, 15) is 27.6 Å². The van der Waals surface area contributed by atoms with Gasteiger partial charge in [0.25, 0.3) is 17.5 Å². The molecule has 0 radical (unpaired) electrons. The molecule has 2 aromatic rings. The molecule has 0 saturated carbocycles. The Kier molecular flexibility index (Phi) is 7.29. The fourth-order valence-corrected chi connectivity index (χ4v) is 2.58. The van der Waals surface area contributed by atoms with Crippen molar-refractivity contribution in [2.24, 2.45) is 0 Å². The maximum absolute atomic E-state index is 12.8. The van der Waals surface area contributed by atoms with Crippen LogP contribution in [0.25, 0.3) is 5.78 Å². The van der Waals surface area contributed by atoms with Crippen molar-refractivity contribution in [2.45, 2.75) is 46.2 Å². The number of carbonyl (C=O) groups is 3. The molecule has 3 amide bonds. The number of rotatable bonds is 7. The average Bonchev–Trinajstić information content (AvgIpc) is 3.09. The number of ether oxygens (including phenoxy) is 1. The van der Waals surface area contributed by atoms with Crippen LogP contribution in [0, 0.1) is 13.8 Å². The predicted molar refractivity (Wildman–Crippen MR) is 96.4 cm³/mol. The van der Waals surface area contributed by atoms with Gasteiger partial charge in [-0.25, -0.2) is 14.3 Å². The first-order valence-corrected chi connectivity index (χ1v) is 9.06. The Labute approximate surface area is 169 Å². The van der Waals surface area contributed by atoms with Crippen molar-refractivity contribution in [3.05, 3.63) is 22.8 Å². The van der Waals surface area contributed by atoms with Gasteiger partial charge in [-0.3, -0.25) is 14.9 Å². The lowest BCUT2D eigenvalue weighted by atomic mass is 10.1. The molecule has 0 saturated heterocycles. The average molecular weight is 430 g/mol. The molecule has 0 aliphatic rings. The van der Waals surface area contributed by atoms with Crippen molar-refractivity contribution < 1.29 is 32.3 Å². The van der Waals surface area contributed by atoms with E-state index < -0.39 is 36.5 Å². The highest BCUT2D eigenvalue weighted by Crippen LogP contribution is 2.27. The number of esters is 1. The molecular weight excluding hydrogens is 409 g/mol. The lowest BCUT2D eigenvalue weighted by Gasteiger charge is -2.10. The summed E-state index contributed by atoms with van der Waals surface area (Å²) in [6.45, 7) is 4.73. The third kappa shape index (κ3) is 5.87. The van der Waals surface area contributed by atoms with Crippen LogP contribution in [-0.2, 0) is 26.9 Å². The van der Waals surface area contributed by atoms with Crippen LogP contribution >= 0.6 is 0 Å². The molecule has 13 heteroatoms. The van der Waals surface area contributed by atoms with Gasteiger partial charge in [0.2, 0.25) is 0 Å². The quantitative estimate of drug-likeness (QED) is 0.637. The SMILES string of the molecule is CCCNC(=O)NC(=O)COC(=O)CCc1c(C)nc2nc(C(F)(F)F)nn2c1C. The summed E-state index contributed by atoms with van der Waals surface area (Å²) in [5, 5.41) is 7.88. The van der Waals surface area contributed by atoms with Crippen molar-refractivity contribution in [1.82, 2.24) is 30.2 Å². The fourth-order valence-electron chi connectivity index (χ4n) is 2.58. The van der Waals surface area contributed by atoms with Crippen LogP contribution in [-0.4, -0.2) is 50.6 Å². The lowest BCUT2D eigenvalue weighted by molar-refractivity contribution is -0.148. The number of hydrogen-bond acceptors (Lipinski definition) is 7. The Morgan fingerprint density at radius 1 is 1.17 bits per heavy atom. The van der Waals surface area contributed by atoms with Gasteiger partial charge in [-0.2, -0.15) is 18.2 Å². The largest absolute Gasteiger partial charge is 0.456 e. The van der Waals surface area contributed by atoms with E-state index in [4.69, 9.17) is 4.74 Å². The number of amides is 3. The van der Waals surface area contributed by atoms with Crippen LogP contribution in [0.15, 0.2) is 0 Å². The second-order valence-electron chi connectivity index (χ2n) is 6.37. The molecule has 0 aliphatic carbocycles. The van der Waals surface area contributed by atoms with Crippen molar-refractivity contribution >= 4 is 23.7 Å². The van der Waals surface area contributed by atoms with E-state index in [1.807, 2.05) is 12.2 Å². The van der Waals surface area contributed by atoms with E-state index in [2.05, 4.69) is 20.4 Å². The Hall–Kier alpha value is -3.25. The second-order valence-corrected chi connectivity index (χ2v) is 6.37. The van der Waals surface area contributed by atoms with Crippen LogP contribution in [0.5, 0.6) is 0 Å². The van der Waals surface area contributed by atoms with E-state index in [1.165, 1.54) is 0 Å². The van der Waals surface area contributed by atoms with Crippen molar-refractivity contribution in [3.63, 3.8) is 0 Å². The molecule has 164 valence electrons. The van der Waals surface area contributed by atoms with E-state index in [-0.39, 0.29) is 18.6 Å². The Morgan fingerprint density at radius 3 is 2.50 bits per heavy atom. The molecule has 30 heavy (non-hydrogen) atoms. The van der Waals surface area contributed by atoms with Gasteiger partial charge < -0.3 is 10.1 Å². The first-order valence-electron chi connectivity index (χ1n) is 9.06. The lowest BCUT2D eigenvalue weighted by Crippen LogP contribution is -2.41. The number of fused-ring (bicyclic) bond motifs is 1. The number of aromatic nitrogens is 4. The van der Waals surface area contributed by atoms with Crippen molar-refractivity contribution in [2.75, 3.05) is 13.2 Å². The molecule has 0 fully saturated rings. The number of halogens is 3. The molecule has 0 atom stereocenters. The number of imide groups is 1. The summed E-state index contributed by atoms with van der Waals surface area (Å²) < 4.78 is 44.2. The van der Waals surface area contributed by atoms with Crippen molar-refractivity contribution in [3.8, 4) is 0 Å². The molecule has 2 aromatic heterocycles. The van der Waals surface area contributed by atoms with Gasteiger partial charge in [-0.05, 0) is 32.3 Å². The summed E-state index contributed by atoms with van der Waals surface area (Å²) in [5.74, 6) is -2.99. The van der Waals surface area contributed by atoms with E-state index >= 15 is 0 Å². The Balaban J connectivity index is 1.96. The van der Waals surface area contributed by atoms with Gasteiger partial charge in [-0.1, -0.05) is 6.92 Å². The Morgan fingerprint density at radius 2 is 1.87 bits per heavy atom. The first-order chi connectivity index (χ1) is 14.0. The van der Waals surface area contributed by atoms with Crippen LogP contribution in [0.4, 0.5) is 18.0 Å². The number of aryl methyl sites for hydroxylation is 2. The standard InChI is InChI=1S/C17H21F3N6O4/c1-4-7-21-16(29)23-12(27)8-30-13(28)6-5-11-9(2)22-15-24-14(17(18,19)20)25-26(15)10(11)3/h4-8H2,1-3H3,(H2,21,23,27,29). The zero-order chi connectivity index (χ0) is 22.5. The van der Waals surface area contributed by atoms with E-state index in [1.54, 1.807) is 13.8 Å². The zero-order valence-corrected chi connectivity index (χ0v) is 16.6. The molecule has 2 N–H and O–H groups in total. The third-order valence-corrected chi connectivity index (χ3v) is 4.03. The number of alkyl halides is 3. The summed E-state index contributed by atoms with van der Waals surface area (Å²) in [5.41, 5.74) is 1.28. The summed E-state index contributed by atoms with van der Waals surface area (Å²) in [6.07, 6.45) is -4.04. The number of nitrogens with zero attached hydrogens (tertiary/aromatic N) is 4. The summed E-state index contributed by atoms with van der Waals surface area (Å²) >= 11 is 0. The molecule has 0 bridgehead atoms. The topological polar surface area (TPSA) is 128 Å². The number of hydrogen-bond donors (Lipinski definition) is 2. The highest BCUT2D eigenvalue weighted by atomic mass is 19.4. The minimum atomic E-state index is -4.70. The van der Waals surface area contributed by atoms with Gasteiger partial charge in [-0.15, -0.1) is 5.10 Å². The summed E-state index contributed by atoms with van der Waals surface area (Å²) in [6, 6.07) is -0.686. The maximum atomic E-state index is 12.8. The van der Waals surface area contributed by atoms with E-state index in [0.717, 1.165) is 4.52 Å².